The smallest absolute Gasteiger partial charge is 0.0695 e. The number of rotatable bonds is 6. The molecule has 0 bridgehead atoms. The molecule has 0 amide bonds. The van der Waals surface area contributed by atoms with Gasteiger partial charge in [-0.1, -0.05) is 48.5 Å². The fraction of sp³-hybridized carbons (Fsp3) is 0.350. The van der Waals surface area contributed by atoms with Crippen LogP contribution in [0.15, 0.2) is 54.7 Å². The molecule has 3 aromatic rings. The average molecular weight is 320 g/mol. The largest absolute Gasteiger partial charge is 0.311 e. The number of H-pyrrole nitrogens is 1. The van der Waals surface area contributed by atoms with Crippen LogP contribution in [0.4, 0.5) is 0 Å². The van der Waals surface area contributed by atoms with E-state index in [0.717, 1.165) is 18.6 Å². The second kappa shape index (κ2) is 7.16. The lowest BCUT2D eigenvalue weighted by Gasteiger charge is -2.28. The topological polar surface area (TPSA) is 44.0 Å². The normalized spacial score (nSPS) is 16.7. The molecule has 2 heterocycles. The first-order valence-corrected chi connectivity index (χ1v) is 8.82. The van der Waals surface area contributed by atoms with Crippen LogP contribution < -0.4 is 5.32 Å². The number of para-hydroxylation sites is 1. The van der Waals surface area contributed by atoms with E-state index in [1.165, 1.54) is 42.4 Å². The van der Waals surface area contributed by atoms with Crippen LogP contribution in [-0.2, 0) is 6.54 Å². The Balaban J connectivity index is 1.46. The summed E-state index contributed by atoms with van der Waals surface area (Å²) in [4.78, 5) is 2.61. The summed E-state index contributed by atoms with van der Waals surface area (Å²) < 4.78 is 0. The third-order valence-electron chi connectivity index (χ3n) is 4.98. The maximum atomic E-state index is 4.15. The Labute approximate surface area is 142 Å². The Hall–Kier alpha value is -2.17. The second-order valence-electron chi connectivity index (χ2n) is 6.55. The van der Waals surface area contributed by atoms with Gasteiger partial charge in [0, 0.05) is 24.5 Å². The summed E-state index contributed by atoms with van der Waals surface area (Å²) >= 11 is 0. The highest BCUT2D eigenvalue weighted by atomic mass is 15.2. The molecule has 0 radical (unpaired) electrons. The molecule has 0 spiro atoms. The first-order valence-electron chi connectivity index (χ1n) is 8.82. The first-order chi connectivity index (χ1) is 11.9. The molecule has 1 fully saturated rings. The van der Waals surface area contributed by atoms with Crippen molar-refractivity contribution in [2.45, 2.75) is 25.4 Å². The van der Waals surface area contributed by atoms with E-state index in [9.17, 15) is 0 Å². The highest BCUT2D eigenvalue weighted by Crippen LogP contribution is 2.24. The number of hydrogen-bond donors (Lipinski definition) is 2. The highest BCUT2D eigenvalue weighted by Gasteiger charge is 2.22. The van der Waals surface area contributed by atoms with Gasteiger partial charge in [-0.05, 0) is 37.1 Å². The minimum absolute atomic E-state index is 0.453. The summed E-state index contributed by atoms with van der Waals surface area (Å²) in [5.74, 6) is 0. The summed E-state index contributed by atoms with van der Waals surface area (Å²) in [5, 5.41) is 12.1. The predicted molar refractivity (Wildman–Crippen MR) is 97.8 cm³/mol. The van der Waals surface area contributed by atoms with Crippen LogP contribution in [0.25, 0.3) is 10.9 Å². The molecule has 1 atom stereocenters. The Morgan fingerprint density at radius 1 is 1.04 bits per heavy atom. The molecule has 2 N–H and O–H groups in total. The molecule has 124 valence electrons. The summed E-state index contributed by atoms with van der Waals surface area (Å²) in [7, 11) is 0. The van der Waals surface area contributed by atoms with Crippen molar-refractivity contribution in [3.8, 4) is 0 Å². The van der Waals surface area contributed by atoms with Crippen LogP contribution in [0.1, 0.15) is 30.0 Å². The van der Waals surface area contributed by atoms with Crippen LogP contribution in [0, 0.1) is 0 Å². The van der Waals surface area contributed by atoms with Crippen molar-refractivity contribution in [2.24, 2.45) is 0 Å². The maximum absolute atomic E-state index is 4.15. The van der Waals surface area contributed by atoms with Crippen molar-refractivity contribution in [3.05, 3.63) is 65.9 Å². The number of nitrogens with zero attached hydrogens (tertiary/aromatic N) is 2. The van der Waals surface area contributed by atoms with Gasteiger partial charge in [-0.15, -0.1) is 0 Å². The minimum Gasteiger partial charge on any atom is -0.311 e. The monoisotopic (exact) mass is 320 g/mol. The van der Waals surface area contributed by atoms with E-state index in [4.69, 9.17) is 0 Å². The summed E-state index contributed by atoms with van der Waals surface area (Å²) in [6.45, 7) is 4.24. The second-order valence-corrected chi connectivity index (χ2v) is 6.55. The lowest BCUT2D eigenvalue weighted by Crippen LogP contribution is -2.34. The maximum Gasteiger partial charge on any atom is 0.0695 e. The van der Waals surface area contributed by atoms with E-state index in [1.807, 2.05) is 6.20 Å². The van der Waals surface area contributed by atoms with E-state index in [2.05, 4.69) is 68.9 Å². The third-order valence-corrected chi connectivity index (χ3v) is 4.98. The molecule has 1 aliphatic rings. The summed E-state index contributed by atoms with van der Waals surface area (Å²) in [6.07, 6.45) is 4.52. The zero-order valence-corrected chi connectivity index (χ0v) is 13.9. The Morgan fingerprint density at radius 3 is 2.71 bits per heavy atom. The first kappa shape index (κ1) is 15.4. The van der Waals surface area contributed by atoms with Gasteiger partial charge in [-0.3, -0.25) is 10.00 Å². The van der Waals surface area contributed by atoms with E-state index < -0.39 is 0 Å². The zero-order chi connectivity index (χ0) is 16.2. The van der Waals surface area contributed by atoms with Crippen molar-refractivity contribution >= 4 is 10.9 Å². The van der Waals surface area contributed by atoms with E-state index in [-0.39, 0.29) is 0 Å². The van der Waals surface area contributed by atoms with Gasteiger partial charge in [0.2, 0.25) is 0 Å². The molecule has 2 aromatic carbocycles. The van der Waals surface area contributed by atoms with E-state index in [1.54, 1.807) is 0 Å². The zero-order valence-electron chi connectivity index (χ0n) is 13.9. The number of fused-ring (bicyclic) bond motifs is 1. The van der Waals surface area contributed by atoms with Gasteiger partial charge >= 0.3 is 0 Å². The number of aromatic amines is 1. The molecule has 0 aliphatic carbocycles. The molecule has 1 aliphatic heterocycles. The van der Waals surface area contributed by atoms with Gasteiger partial charge < -0.3 is 5.32 Å². The van der Waals surface area contributed by atoms with Gasteiger partial charge in [0.25, 0.3) is 0 Å². The van der Waals surface area contributed by atoms with E-state index >= 15 is 0 Å². The van der Waals surface area contributed by atoms with Crippen molar-refractivity contribution in [3.63, 3.8) is 0 Å². The molecule has 4 rings (SSSR count). The van der Waals surface area contributed by atoms with Gasteiger partial charge in [-0.25, -0.2) is 0 Å². The van der Waals surface area contributed by atoms with E-state index in [0.29, 0.717) is 6.04 Å². The number of hydrogen-bond acceptors (Lipinski definition) is 3. The van der Waals surface area contributed by atoms with Crippen LogP contribution >= 0.6 is 0 Å². The molecule has 1 saturated heterocycles. The van der Waals surface area contributed by atoms with Crippen LogP contribution in [-0.4, -0.2) is 34.7 Å². The fourth-order valence-electron chi connectivity index (χ4n) is 3.71. The predicted octanol–water partition coefficient (Wildman–Crippen LogP) is 3.49. The molecular weight excluding hydrogens is 296 g/mol. The molecule has 1 unspecified atom stereocenters. The number of nitrogens with one attached hydrogen (secondary N) is 2. The van der Waals surface area contributed by atoms with Crippen molar-refractivity contribution in [2.75, 3.05) is 19.6 Å². The Kier molecular flexibility index (Phi) is 4.58. The molecule has 0 saturated carbocycles. The minimum atomic E-state index is 0.453. The molecule has 24 heavy (non-hydrogen) atoms. The van der Waals surface area contributed by atoms with Crippen LogP contribution in [0.2, 0.25) is 0 Å². The SMILES string of the molecule is c1ccc(C(CNCc2cccc3cn[nH]c23)N2CCCC2)cc1. The molecule has 1 aromatic heterocycles. The van der Waals surface area contributed by atoms with Gasteiger partial charge in [0.05, 0.1) is 11.7 Å². The third kappa shape index (κ3) is 3.21. The highest BCUT2D eigenvalue weighted by molar-refractivity contribution is 5.81. The molecular formula is C20H24N4. The van der Waals surface area contributed by atoms with Gasteiger partial charge in [0.15, 0.2) is 0 Å². The van der Waals surface area contributed by atoms with Gasteiger partial charge in [-0.2, -0.15) is 5.10 Å². The van der Waals surface area contributed by atoms with Crippen LogP contribution in [0.5, 0.6) is 0 Å². The standard InChI is InChI=1S/C20H24N4/c1-2-7-16(8-3-1)19(24-11-4-5-12-24)15-21-13-17-9-6-10-18-14-22-23-20(17)18/h1-3,6-10,14,19,21H,4-5,11-13,15H2,(H,22,23). The molecule has 4 heteroatoms. The lowest BCUT2D eigenvalue weighted by atomic mass is 10.1. The lowest BCUT2D eigenvalue weighted by molar-refractivity contribution is 0.238. The summed E-state index contributed by atoms with van der Waals surface area (Å²) in [5.41, 5.74) is 3.83. The van der Waals surface area contributed by atoms with Crippen molar-refractivity contribution < 1.29 is 0 Å². The fourth-order valence-corrected chi connectivity index (χ4v) is 3.71. The van der Waals surface area contributed by atoms with Crippen molar-refractivity contribution in [1.82, 2.24) is 20.4 Å². The van der Waals surface area contributed by atoms with Gasteiger partial charge in [0.1, 0.15) is 0 Å². The Bertz CT molecular complexity index is 774. The Morgan fingerprint density at radius 2 is 1.88 bits per heavy atom. The number of aromatic nitrogens is 2. The van der Waals surface area contributed by atoms with Crippen molar-refractivity contribution in [1.29, 1.82) is 0 Å². The average Bonchev–Trinajstić information content (AvgIpc) is 3.31. The summed E-state index contributed by atoms with van der Waals surface area (Å²) in [6, 6.07) is 17.7. The number of benzene rings is 2. The molecule has 4 nitrogen and oxygen atoms in total. The number of likely N-dealkylation sites (tertiary alicyclic amines) is 1. The quantitative estimate of drug-likeness (QED) is 0.731. The van der Waals surface area contributed by atoms with Crippen LogP contribution in [0.3, 0.4) is 0 Å².